The molecule has 0 radical (unpaired) electrons. The van der Waals surface area contributed by atoms with Crippen LogP contribution in [-0.2, 0) is 19.1 Å². The second-order valence-corrected chi connectivity index (χ2v) is 8.85. The van der Waals surface area contributed by atoms with E-state index in [2.05, 4.69) is 0 Å². The number of likely N-dealkylation sites (N-methyl/N-ethyl adjacent to an activating group) is 1. The van der Waals surface area contributed by atoms with Crippen molar-refractivity contribution >= 4 is 11.7 Å². The summed E-state index contributed by atoms with van der Waals surface area (Å²) in [6, 6.07) is 4.88. The molecule has 2 aliphatic heterocycles. The first-order valence-corrected chi connectivity index (χ1v) is 11.0. The molecule has 174 valence electrons. The molecule has 8 heteroatoms. The molecule has 2 heterocycles. The molecule has 0 bridgehead atoms. The molecule has 1 amide bonds. The van der Waals surface area contributed by atoms with E-state index in [0.29, 0.717) is 43.0 Å². The van der Waals surface area contributed by atoms with Crippen LogP contribution >= 0.6 is 0 Å². The Bertz CT molecular complexity index is 927. The molecule has 8 nitrogen and oxygen atoms in total. The van der Waals surface area contributed by atoms with Gasteiger partial charge in [0.05, 0.1) is 37.9 Å². The van der Waals surface area contributed by atoms with Gasteiger partial charge in [-0.15, -0.1) is 0 Å². The normalized spacial score (nSPS) is 27.4. The maximum Gasteiger partial charge on any atom is 0.290 e. The van der Waals surface area contributed by atoms with E-state index in [-0.39, 0.29) is 35.6 Å². The van der Waals surface area contributed by atoms with Crippen LogP contribution in [0.5, 0.6) is 11.5 Å². The summed E-state index contributed by atoms with van der Waals surface area (Å²) in [7, 11) is 8.76. The summed E-state index contributed by atoms with van der Waals surface area (Å²) in [6.07, 6.45) is 1.82. The smallest absolute Gasteiger partial charge is 0.290 e. The zero-order valence-electron chi connectivity index (χ0n) is 19.4. The lowest BCUT2D eigenvalue weighted by molar-refractivity contribution is -0.138. The molecule has 4 unspecified atom stereocenters. The van der Waals surface area contributed by atoms with E-state index in [1.54, 1.807) is 32.3 Å². The van der Waals surface area contributed by atoms with Gasteiger partial charge < -0.3 is 28.7 Å². The summed E-state index contributed by atoms with van der Waals surface area (Å²) >= 11 is 0. The Labute approximate surface area is 189 Å². The van der Waals surface area contributed by atoms with E-state index in [4.69, 9.17) is 18.9 Å². The predicted octanol–water partition coefficient (Wildman–Crippen LogP) is 2.19. The monoisotopic (exact) mass is 444 g/mol. The molecule has 1 saturated carbocycles. The van der Waals surface area contributed by atoms with E-state index in [1.165, 1.54) is 0 Å². The largest absolute Gasteiger partial charge is 0.497 e. The number of hydrogen-bond donors (Lipinski definition) is 0. The number of benzene rings is 1. The Kier molecular flexibility index (Phi) is 6.44. The van der Waals surface area contributed by atoms with Gasteiger partial charge in [0.1, 0.15) is 17.6 Å². The average Bonchev–Trinajstić information content (AvgIpc) is 3.08. The maximum absolute atomic E-state index is 13.8. The number of rotatable bonds is 7. The number of hydrogen-bond acceptors (Lipinski definition) is 7. The Morgan fingerprint density at radius 2 is 1.91 bits per heavy atom. The first kappa shape index (κ1) is 22.6. The van der Waals surface area contributed by atoms with E-state index in [1.807, 2.05) is 31.1 Å². The minimum Gasteiger partial charge on any atom is -0.497 e. The van der Waals surface area contributed by atoms with Crippen LogP contribution in [0.25, 0.3) is 0 Å². The highest BCUT2D eigenvalue weighted by Crippen LogP contribution is 2.49. The lowest BCUT2D eigenvalue weighted by Crippen LogP contribution is -2.43. The van der Waals surface area contributed by atoms with Crippen molar-refractivity contribution < 1.29 is 28.5 Å². The summed E-state index contributed by atoms with van der Waals surface area (Å²) in [5.74, 6) is 0.912. The number of Topliss-reactive ketones (excluding diaryl/α,β-unsaturated/α-hetero) is 1. The predicted molar refractivity (Wildman–Crippen MR) is 118 cm³/mol. The highest BCUT2D eigenvalue weighted by molar-refractivity contribution is 6.11. The van der Waals surface area contributed by atoms with Crippen LogP contribution in [0.3, 0.4) is 0 Å². The molecule has 0 saturated heterocycles. The van der Waals surface area contributed by atoms with Gasteiger partial charge in [-0.25, -0.2) is 0 Å². The van der Waals surface area contributed by atoms with Gasteiger partial charge >= 0.3 is 0 Å². The van der Waals surface area contributed by atoms with Crippen LogP contribution in [0.1, 0.15) is 30.9 Å². The molecule has 0 aromatic heterocycles. The Hall–Kier alpha value is -2.58. The van der Waals surface area contributed by atoms with Crippen LogP contribution in [0, 0.1) is 5.92 Å². The number of carbonyl (C=O) groups is 2. The minimum absolute atomic E-state index is 0.00128. The van der Waals surface area contributed by atoms with E-state index < -0.39 is 6.04 Å². The van der Waals surface area contributed by atoms with Gasteiger partial charge in [0, 0.05) is 32.2 Å². The molecule has 0 N–H and O–H groups in total. The number of fused-ring (bicyclic) bond motifs is 1. The van der Waals surface area contributed by atoms with Crippen molar-refractivity contribution in [2.24, 2.45) is 5.92 Å². The minimum atomic E-state index is -0.573. The second kappa shape index (κ2) is 9.11. The molecular weight excluding hydrogens is 412 g/mol. The average molecular weight is 445 g/mol. The van der Waals surface area contributed by atoms with Gasteiger partial charge in [0.2, 0.25) is 0 Å². The molecule has 3 aliphatic rings. The van der Waals surface area contributed by atoms with Crippen molar-refractivity contribution in [1.29, 1.82) is 0 Å². The molecule has 4 atom stereocenters. The quantitative estimate of drug-likeness (QED) is 0.638. The number of carbonyl (C=O) groups excluding carboxylic acids is 2. The lowest BCUT2D eigenvalue weighted by atomic mass is 9.76. The summed E-state index contributed by atoms with van der Waals surface area (Å²) in [5, 5.41) is 0. The molecule has 1 aromatic carbocycles. The van der Waals surface area contributed by atoms with Crippen molar-refractivity contribution in [2.75, 3.05) is 48.5 Å². The Morgan fingerprint density at radius 1 is 1.12 bits per heavy atom. The van der Waals surface area contributed by atoms with Gasteiger partial charge in [0.15, 0.2) is 11.5 Å². The van der Waals surface area contributed by atoms with Gasteiger partial charge in [-0.2, -0.15) is 0 Å². The molecule has 1 aromatic rings. The third-order valence-electron chi connectivity index (χ3n) is 6.75. The van der Waals surface area contributed by atoms with Crippen molar-refractivity contribution in [3.63, 3.8) is 0 Å². The maximum atomic E-state index is 13.8. The molecule has 1 aliphatic carbocycles. The van der Waals surface area contributed by atoms with Gasteiger partial charge in [0.25, 0.3) is 5.91 Å². The number of amides is 1. The van der Waals surface area contributed by atoms with Crippen LogP contribution in [0.4, 0.5) is 0 Å². The Morgan fingerprint density at radius 3 is 2.56 bits per heavy atom. The zero-order valence-corrected chi connectivity index (χ0v) is 19.4. The third-order valence-corrected chi connectivity index (χ3v) is 6.75. The number of methoxy groups -OCH3 is 3. The van der Waals surface area contributed by atoms with Crippen LogP contribution in [-0.4, -0.2) is 82.2 Å². The lowest BCUT2D eigenvalue weighted by Gasteiger charge is -2.38. The van der Waals surface area contributed by atoms with Gasteiger partial charge in [-0.05, 0) is 45.1 Å². The molecule has 4 rings (SSSR count). The Balaban J connectivity index is 1.79. The highest BCUT2D eigenvalue weighted by atomic mass is 16.5. The second-order valence-electron chi connectivity index (χ2n) is 8.85. The fourth-order valence-electron chi connectivity index (χ4n) is 5.01. The molecule has 1 fully saturated rings. The van der Waals surface area contributed by atoms with Crippen molar-refractivity contribution in [1.82, 2.24) is 9.80 Å². The van der Waals surface area contributed by atoms with Crippen molar-refractivity contribution in [3.8, 4) is 11.5 Å². The zero-order chi connectivity index (χ0) is 23.0. The van der Waals surface area contributed by atoms with E-state index in [0.717, 1.165) is 12.0 Å². The third kappa shape index (κ3) is 3.86. The SMILES string of the molecule is COc1ccc(OC)c(C2C3=C(OC4CC(OC)CCC4C3=O)C(=O)N2CCN(C)C)c1. The van der Waals surface area contributed by atoms with Crippen molar-refractivity contribution in [2.45, 2.75) is 37.5 Å². The highest BCUT2D eigenvalue weighted by Gasteiger charge is 2.53. The fraction of sp³-hybridized carbons (Fsp3) is 0.583. The van der Waals surface area contributed by atoms with Crippen molar-refractivity contribution in [3.05, 3.63) is 35.1 Å². The first-order valence-electron chi connectivity index (χ1n) is 11.0. The van der Waals surface area contributed by atoms with Crippen LogP contribution in [0.15, 0.2) is 29.5 Å². The number of nitrogens with zero attached hydrogens (tertiary/aromatic N) is 2. The summed E-state index contributed by atoms with van der Waals surface area (Å²) in [4.78, 5) is 31.0. The summed E-state index contributed by atoms with van der Waals surface area (Å²) < 4.78 is 22.8. The summed E-state index contributed by atoms with van der Waals surface area (Å²) in [6.45, 7) is 1.11. The van der Waals surface area contributed by atoms with Crippen LogP contribution in [0.2, 0.25) is 0 Å². The number of ketones is 1. The topological polar surface area (TPSA) is 77.5 Å². The van der Waals surface area contributed by atoms with Crippen LogP contribution < -0.4 is 9.47 Å². The molecular formula is C24H32N2O6. The molecule has 0 spiro atoms. The van der Waals surface area contributed by atoms with E-state index in [9.17, 15) is 9.59 Å². The fourth-order valence-corrected chi connectivity index (χ4v) is 5.01. The molecule has 32 heavy (non-hydrogen) atoms. The standard InChI is InChI=1S/C24H32N2O6/c1-25(2)10-11-26-21(17-12-14(29-3)7-9-18(17)31-5)20-22(27)16-8-6-15(30-4)13-19(16)32-23(20)24(26)28/h7,9,12,15-16,19,21H,6,8,10-11,13H2,1-5H3. The number of ether oxygens (including phenoxy) is 4. The van der Waals surface area contributed by atoms with Gasteiger partial charge in [-0.3, -0.25) is 9.59 Å². The van der Waals surface area contributed by atoms with E-state index >= 15 is 0 Å². The first-order chi connectivity index (χ1) is 15.4. The van der Waals surface area contributed by atoms with Gasteiger partial charge in [-0.1, -0.05) is 0 Å². The summed E-state index contributed by atoms with van der Waals surface area (Å²) in [5.41, 5.74) is 1.17.